The van der Waals surface area contributed by atoms with Crippen LogP contribution in [0.1, 0.15) is 30.9 Å². The SMILES string of the molecule is CC1=NC(C)=C(C(=O)O)C(c2cccc(C(F)(F)F)c2)C1C(=O)O. The average molecular weight is 341 g/mol. The van der Waals surface area contributed by atoms with Gasteiger partial charge in [0.1, 0.15) is 5.92 Å². The van der Waals surface area contributed by atoms with Crippen molar-refractivity contribution in [3.63, 3.8) is 0 Å². The van der Waals surface area contributed by atoms with E-state index in [2.05, 4.69) is 4.99 Å². The third kappa shape index (κ3) is 3.17. The van der Waals surface area contributed by atoms with Crippen LogP contribution in [0.25, 0.3) is 0 Å². The number of alkyl halides is 3. The Morgan fingerprint density at radius 2 is 1.79 bits per heavy atom. The van der Waals surface area contributed by atoms with Gasteiger partial charge in [-0.2, -0.15) is 13.2 Å². The van der Waals surface area contributed by atoms with Gasteiger partial charge in [-0.25, -0.2) is 4.79 Å². The standard InChI is InChI=1S/C16H14F3NO4/c1-7-11(14(21)22)13(12(15(23)24)8(2)20-7)9-4-3-5-10(6-9)16(17,18)19/h3-6,11,13H,1-2H3,(H,21,22)(H,23,24). The van der Waals surface area contributed by atoms with Crippen molar-refractivity contribution in [1.82, 2.24) is 0 Å². The van der Waals surface area contributed by atoms with Crippen LogP contribution < -0.4 is 0 Å². The summed E-state index contributed by atoms with van der Waals surface area (Å²) in [5, 5.41) is 18.8. The molecule has 0 spiro atoms. The number of nitrogens with zero attached hydrogens (tertiary/aromatic N) is 1. The van der Waals surface area contributed by atoms with Crippen LogP contribution >= 0.6 is 0 Å². The fourth-order valence-electron chi connectivity index (χ4n) is 2.90. The molecular weight excluding hydrogens is 327 g/mol. The van der Waals surface area contributed by atoms with Crippen molar-refractivity contribution in [2.24, 2.45) is 10.9 Å². The maximum atomic E-state index is 12.9. The zero-order valence-corrected chi connectivity index (χ0v) is 12.8. The number of hydrogen-bond acceptors (Lipinski definition) is 3. The zero-order valence-electron chi connectivity index (χ0n) is 12.8. The summed E-state index contributed by atoms with van der Waals surface area (Å²) in [5.41, 5.74) is -1.07. The minimum Gasteiger partial charge on any atom is -0.481 e. The first-order valence-corrected chi connectivity index (χ1v) is 6.93. The van der Waals surface area contributed by atoms with Crippen molar-refractivity contribution < 1.29 is 33.0 Å². The molecule has 8 heteroatoms. The molecule has 128 valence electrons. The number of carboxylic acid groups (broad SMARTS) is 2. The first kappa shape index (κ1) is 17.7. The number of benzene rings is 1. The van der Waals surface area contributed by atoms with Gasteiger partial charge in [0, 0.05) is 17.3 Å². The van der Waals surface area contributed by atoms with Gasteiger partial charge in [-0.05, 0) is 25.5 Å². The number of aliphatic carboxylic acids is 2. The molecular formula is C16H14F3NO4. The third-order valence-electron chi connectivity index (χ3n) is 3.90. The Balaban J connectivity index is 2.69. The normalized spacial score (nSPS) is 21.5. The monoisotopic (exact) mass is 341 g/mol. The summed E-state index contributed by atoms with van der Waals surface area (Å²) < 4.78 is 38.8. The topological polar surface area (TPSA) is 87.0 Å². The first-order valence-electron chi connectivity index (χ1n) is 6.93. The van der Waals surface area contributed by atoms with Crippen molar-refractivity contribution in [3.05, 3.63) is 46.7 Å². The van der Waals surface area contributed by atoms with Gasteiger partial charge in [0.15, 0.2) is 0 Å². The van der Waals surface area contributed by atoms with Crippen LogP contribution in [0.15, 0.2) is 40.5 Å². The summed E-state index contributed by atoms with van der Waals surface area (Å²) in [5.74, 6) is -5.34. The second kappa shape index (κ2) is 6.10. The third-order valence-corrected chi connectivity index (χ3v) is 3.90. The molecule has 0 fully saturated rings. The minimum atomic E-state index is -4.62. The van der Waals surface area contributed by atoms with Gasteiger partial charge in [-0.3, -0.25) is 9.79 Å². The number of carboxylic acids is 2. The summed E-state index contributed by atoms with van der Waals surface area (Å²) in [7, 11) is 0. The van der Waals surface area contributed by atoms with E-state index in [4.69, 9.17) is 0 Å². The second-order valence-electron chi connectivity index (χ2n) is 5.47. The van der Waals surface area contributed by atoms with Crippen LogP contribution in [-0.4, -0.2) is 27.9 Å². The largest absolute Gasteiger partial charge is 0.481 e. The number of carbonyl (C=O) groups is 2. The van der Waals surface area contributed by atoms with E-state index < -0.39 is 35.5 Å². The Labute approximate surface area is 135 Å². The summed E-state index contributed by atoms with van der Waals surface area (Å²) in [6.07, 6.45) is -4.62. The Morgan fingerprint density at radius 3 is 2.29 bits per heavy atom. The van der Waals surface area contributed by atoms with Crippen LogP contribution in [0.3, 0.4) is 0 Å². The smallest absolute Gasteiger partial charge is 0.416 e. The first-order chi connectivity index (χ1) is 11.0. The molecule has 0 aliphatic carbocycles. The van der Waals surface area contributed by atoms with Gasteiger partial charge in [0.2, 0.25) is 0 Å². The predicted molar refractivity (Wildman–Crippen MR) is 78.8 cm³/mol. The summed E-state index contributed by atoms with van der Waals surface area (Å²) >= 11 is 0. The number of rotatable bonds is 3. The maximum absolute atomic E-state index is 12.9. The average Bonchev–Trinajstić information content (AvgIpc) is 2.44. The molecule has 0 radical (unpaired) electrons. The molecule has 0 saturated heterocycles. The van der Waals surface area contributed by atoms with Crippen LogP contribution in [0, 0.1) is 5.92 Å². The maximum Gasteiger partial charge on any atom is 0.416 e. The summed E-state index contributed by atoms with van der Waals surface area (Å²) in [4.78, 5) is 27.1. The number of aliphatic imine (C=N–C) groups is 1. The van der Waals surface area contributed by atoms with E-state index in [1.54, 1.807) is 0 Å². The van der Waals surface area contributed by atoms with Crippen LogP contribution in [-0.2, 0) is 15.8 Å². The minimum absolute atomic E-state index is 0.0248. The van der Waals surface area contributed by atoms with E-state index in [9.17, 15) is 33.0 Å². The van der Waals surface area contributed by atoms with Crippen molar-refractivity contribution >= 4 is 17.7 Å². The van der Waals surface area contributed by atoms with Crippen molar-refractivity contribution in [2.45, 2.75) is 25.9 Å². The van der Waals surface area contributed by atoms with Crippen LogP contribution in [0.5, 0.6) is 0 Å². The molecule has 1 aliphatic heterocycles. The van der Waals surface area contributed by atoms with E-state index in [1.165, 1.54) is 19.9 Å². The highest BCUT2D eigenvalue weighted by Crippen LogP contribution is 2.40. The number of allylic oxidation sites excluding steroid dienone is 1. The lowest BCUT2D eigenvalue weighted by Crippen LogP contribution is -2.35. The Hall–Kier alpha value is -2.64. The van der Waals surface area contributed by atoms with Gasteiger partial charge in [-0.15, -0.1) is 0 Å². The van der Waals surface area contributed by atoms with E-state index >= 15 is 0 Å². The lowest BCUT2D eigenvalue weighted by molar-refractivity contribution is -0.140. The lowest BCUT2D eigenvalue weighted by atomic mass is 9.75. The van der Waals surface area contributed by atoms with Gasteiger partial charge >= 0.3 is 18.1 Å². The molecule has 2 atom stereocenters. The quantitative estimate of drug-likeness (QED) is 0.883. The number of halogens is 3. The zero-order chi connectivity index (χ0) is 18.2. The Morgan fingerprint density at radius 1 is 1.17 bits per heavy atom. The highest BCUT2D eigenvalue weighted by atomic mass is 19.4. The molecule has 2 N–H and O–H groups in total. The molecule has 0 aromatic heterocycles. The highest BCUT2D eigenvalue weighted by Gasteiger charge is 2.42. The summed E-state index contributed by atoms with van der Waals surface area (Å²) in [6.45, 7) is 2.81. The molecule has 0 saturated carbocycles. The van der Waals surface area contributed by atoms with Crippen molar-refractivity contribution in [2.75, 3.05) is 0 Å². The van der Waals surface area contributed by atoms with Gasteiger partial charge < -0.3 is 10.2 Å². The molecule has 1 aliphatic rings. The summed E-state index contributed by atoms with van der Waals surface area (Å²) in [6, 6.07) is 4.06. The molecule has 2 unspecified atom stereocenters. The van der Waals surface area contributed by atoms with Crippen molar-refractivity contribution in [1.29, 1.82) is 0 Å². The van der Waals surface area contributed by atoms with Gasteiger partial charge in [0.05, 0.1) is 11.1 Å². The predicted octanol–water partition coefficient (Wildman–Crippen LogP) is 3.32. The molecule has 1 aromatic carbocycles. The van der Waals surface area contributed by atoms with Crippen LogP contribution in [0.2, 0.25) is 0 Å². The van der Waals surface area contributed by atoms with Crippen molar-refractivity contribution in [3.8, 4) is 0 Å². The lowest BCUT2D eigenvalue weighted by Gasteiger charge is -2.30. The highest BCUT2D eigenvalue weighted by molar-refractivity contribution is 6.06. The molecule has 0 bridgehead atoms. The molecule has 0 amide bonds. The Kier molecular flexibility index (Phi) is 4.50. The Bertz CT molecular complexity index is 765. The van der Waals surface area contributed by atoms with Gasteiger partial charge in [0.25, 0.3) is 0 Å². The fraction of sp³-hybridized carbons (Fsp3) is 0.312. The van der Waals surface area contributed by atoms with E-state index in [1.807, 2.05) is 0 Å². The molecule has 5 nitrogen and oxygen atoms in total. The van der Waals surface area contributed by atoms with E-state index in [-0.39, 0.29) is 22.5 Å². The molecule has 24 heavy (non-hydrogen) atoms. The molecule has 2 rings (SSSR count). The molecule has 1 aromatic rings. The van der Waals surface area contributed by atoms with E-state index in [0.717, 1.165) is 18.2 Å². The van der Waals surface area contributed by atoms with Crippen LogP contribution in [0.4, 0.5) is 13.2 Å². The second-order valence-corrected chi connectivity index (χ2v) is 5.47. The van der Waals surface area contributed by atoms with Gasteiger partial charge in [-0.1, -0.05) is 18.2 Å². The fourth-order valence-corrected chi connectivity index (χ4v) is 2.90. The van der Waals surface area contributed by atoms with E-state index in [0.29, 0.717) is 0 Å². The molecule has 1 heterocycles. The number of hydrogen-bond donors (Lipinski definition) is 2.